The van der Waals surface area contributed by atoms with E-state index >= 15 is 0 Å². The van der Waals surface area contributed by atoms with Crippen molar-refractivity contribution in [3.8, 4) is 0 Å². The van der Waals surface area contributed by atoms with Gasteiger partial charge in [-0.3, -0.25) is 0 Å². The van der Waals surface area contributed by atoms with Gasteiger partial charge in [-0.1, -0.05) is 13.3 Å². The fraction of sp³-hybridized carbons (Fsp3) is 0.571. The third-order valence-electron chi connectivity index (χ3n) is 3.66. The number of rotatable bonds is 3. The lowest BCUT2D eigenvalue weighted by Crippen LogP contribution is -2.29. The minimum absolute atomic E-state index is 0.568. The number of nitrogens with zero attached hydrogens (tertiary/aromatic N) is 3. The topological polar surface area (TPSA) is 42.2 Å². The van der Waals surface area contributed by atoms with Crippen LogP contribution in [0.1, 0.15) is 43.5 Å². The van der Waals surface area contributed by atoms with Gasteiger partial charge in [-0.15, -0.1) is 0 Å². The van der Waals surface area contributed by atoms with Gasteiger partial charge < -0.3 is 5.32 Å². The molecule has 0 amide bonds. The first kappa shape index (κ1) is 11.7. The summed E-state index contributed by atoms with van der Waals surface area (Å²) in [5.41, 5.74) is 3.44. The molecule has 1 N–H and O–H groups in total. The third-order valence-corrected chi connectivity index (χ3v) is 3.66. The highest BCUT2D eigenvalue weighted by atomic mass is 15.3. The molecule has 0 bridgehead atoms. The van der Waals surface area contributed by atoms with Crippen LogP contribution < -0.4 is 5.32 Å². The van der Waals surface area contributed by atoms with E-state index in [4.69, 9.17) is 5.10 Å². The van der Waals surface area contributed by atoms with E-state index in [1.807, 2.05) is 10.7 Å². The highest BCUT2D eigenvalue weighted by Gasteiger charge is 2.18. The van der Waals surface area contributed by atoms with E-state index in [0.717, 1.165) is 37.3 Å². The summed E-state index contributed by atoms with van der Waals surface area (Å²) in [5, 5.41) is 8.17. The summed E-state index contributed by atoms with van der Waals surface area (Å²) < 4.78 is 2.04. The van der Waals surface area contributed by atoms with Crippen molar-refractivity contribution in [3.05, 3.63) is 29.7 Å². The van der Waals surface area contributed by atoms with Crippen LogP contribution in [0.25, 0.3) is 5.65 Å². The number of aromatic nitrogens is 3. The molecule has 0 aromatic carbocycles. The highest BCUT2D eigenvalue weighted by molar-refractivity contribution is 5.40. The maximum atomic E-state index is 4.70. The Morgan fingerprint density at radius 1 is 1.50 bits per heavy atom. The predicted molar refractivity (Wildman–Crippen MR) is 71.8 cm³/mol. The largest absolute Gasteiger partial charge is 0.316 e. The van der Waals surface area contributed by atoms with E-state index in [9.17, 15) is 0 Å². The second-order valence-electron chi connectivity index (χ2n) is 5.07. The molecule has 3 heterocycles. The summed E-state index contributed by atoms with van der Waals surface area (Å²) in [6.45, 7) is 4.39. The van der Waals surface area contributed by atoms with Crippen LogP contribution >= 0.6 is 0 Å². The zero-order chi connectivity index (χ0) is 12.4. The van der Waals surface area contributed by atoms with Gasteiger partial charge in [-0.2, -0.15) is 5.10 Å². The van der Waals surface area contributed by atoms with Gasteiger partial charge in [0, 0.05) is 24.7 Å². The van der Waals surface area contributed by atoms with Crippen molar-refractivity contribution in [2.75, 3.05) is 13.1 Å². The van der Waals surface area contributed by atoms with Crippen molar-refractivity contribution in [2.45, 2.75) is 38.5 Å². The first-order valence-corrected chi connectivity index (χ1v) is 6.92. The molecule has 1 aliphatic heterocycles. The Morgan fingerprint density at radius 3 is 3.22 bits per heavy atom. The zero-order valence-corrected chi connectivity index (χ0v) is 10.9. The molecule has 4 nitrogen and oxygen atoms in total. The van der Waals surface area contributed by atoms with E-state index in [1.54, 1.807) is 0 Å². The van der Waals surface area contributed by atoms with Crippen LogP contribution in [-0.2, 0) is 6.42 Å². The Morgan fingerprint density at radius 2 is 2.44 bits per heavy atom. The standard InChI is InChI=1S/C14H20N4/c1-2-4-12-9-14-16-8-6-13(18(14)17-12)11-5-3-7-15-10-11/h6,8-9,11,15H,2-5,7,10H2,1H3. The maximum Gasteiger partial charge on any atom is 0.155 e. The summed E-state index contributed by atoms with van der Waals surface area (Å²) in [4.78, 5) is 4.42. The minimum atomic E-state index is 0.568. The Hall–Kier alpha value is -1.42. The van der Waals surface area contributed by atoms with Crippen LogP contribution in [0.5, 0.6) is 0 Å². The van der Waals surface area contributed by atoms with Crippen molar-refractivity contribution < 1.29 is 0 Å². The van der Waals surface area contributed by atoms with Crippen LogP contribution in [0.4, 0.5) is 0 Å². The van der Waals surface area contributed by atoms with E-state index in [0.29, 0.717) is 5.92 Å². The second kappa shape index (κ2) is 5.06. The Labute approximate surface area is 107 Å². The molecule has 0 radical (unpaired) electrons. The van der Waals surface area contributed by atoms with Crippen LogP contribution in [0, 0.1) is 0 Å². The van der Waals surface area contributed by atoms with Gasteiger partial charge in [0.05, 0.1) is 11.4 Å². The molecule has 1 aliphatic rings. The smallest absolute Gasteiger partial charge is 0.155 e. The van der Waals surface area contributed by atoms with Gasteiger partial charge in [0.15, 0.2) is 5.65 Å². The quantitative estimate of drug-likeness (QED) is 0.899. The molecule has 1 saturated heterocycles. The van der Waals surface area contributed by atoms with Crippen molar-refractivity contribution in [3.63, 3.8) is 0 Å². The van der Waals surface area contributed by atoms with Gasteiger partial charge in [0.2, 0.25) is 0 Å². The molecular weight excluding hydrogens is 224 g/mol. The molecule has 1 atom stereocenters. The van der Waals surface area contributed by atoms with Crippen molar-refractivity contribution in [2.24, 2.45) is 0 Å². The molecule has 0 spiro atoms. The van der Waals surface area contributed by atoms with Gasteiger partial charge in [-0.25, -0.2) is 9.50 Å². The molecule has 18 heavy (non-hydrogen) atoms. The number of piperidine rings is 1. The number of fused-ring (bicyclic) bond motifs is 1. The van der Waals surface area contributed by atoms with Crippen molar-refractivity contribution >= 4 is 5.65 Å². The lowest BCUT2D eigenvalue weighted by molar-refractivity contribution is 0.448. The SMILES string of the molecule is CCCc1cc2nccc(C3CCCNC3)n2n1. The molecule has 1 fully saturated rings. The molecule has 2 aromatic heterocycles. The number of hydrogen-bond acceptors (Lipinski definition) is 3. The van der Waals surface area contributed by atoms with Crippen LogP contribution in [0.15, 0.2) is 18.3 Å². The monoisotopic (exact) mass is 244 g/mol. The number of nitrogens with one attached hydrogen (secondary N) is 1. The molecule has 3 rings (SSSR count). The van der Waals surface area contributed by atoms with Crippen LogP contribution in [-0.4, -0.2) is 27.7 Å². The van der Waals surface area contributed by atoms with Gasteiger partial charge >= 0.3 is 0 Å². The molecule has 2 aromatic rings. The summed E-state index contributed by atoms with van der Waals surface area (Å²) in [7, 11) is 0. The summed E-state index contributed by atoms with van der Waals surface area (Å²) in [6.07, 6.45) is 6.57. The maximum absolute atomic E-state index is 4.70. The van der Waals surface area contributed by atoms with Crippen LogP contribution in [0.3, 0.4) is 0 Å². The van der Waals surface area contributed by atoms with E-state index in [-0.39, 0.29) is 0 Å². The molecule has 96 valence electrons. The Balaban J connectivity index is 1.99. The number of aryl methyl sites for hydroxylation is 1. The molecular formula is C14H20N4. The van der Waals surface area contributed by atoms with Gasteiger partial charge in [0.25, 0.3) is 0 Å². The molecule has 0 saturated carbocycles. The van der Waals surface area contributed by atoms with E-state index < -0.39 is 0 Å². The van der Waals surface area contributed by atoms with Gasteiger partial charge in [-0.05, 0) is 31.9 Å². The summed E-state index contributed by atoms with van der Waals surface area (Å²) >= 11 is 0. The Bertz CT molecular complexity index is 526. The van der Waals surface area contributed by atoms with E-state index in [2.05, 4.69) is 29.4 Å². The molecule has 0 aliphatic carbocycles. The first-order chi connectivity index (χ1) is 8.88. The Kier molecular flexibility index (Phi) is 3.28. The average molecular weight is 244 g/mol. The fourth-order valence-corrected chi connectivity index (χ4v) is 2.75. The second-order valence-corrected chi connectivity index (χ2v) is 5.07. The molecule has 4 heteroatoms. The number of hydrogen-bond donors (Lipinski definition) is 1. The predicted octanol–water partition coefficient (Wildman–Crippen LogP) is 2.15. The lowest BCUT2D eigenvalue weighted by atomic mass is 9.96. The third kappa shape index (κ3) is 2.12. The van der Waals surface area contributed by atoms with E-state index in [1.165, 1.54) is 18.5 Å². The van der Waals surface area contributed by atoms with Crippen molar-refractivity contribution in [1.82, 2.24) is 19.9 Å². The summed E-state index contributed by atoms with van der Waals surface area (Å²) in [5.74, 6) is 0.568. The molecule has 1 unspecified atom stereocenters. The van der Waals surface area contributed by atoms with Crippen molar-refractivity contribution in [1.29, 1.82) is 0 Å². The first-order valence-electron chi connectivity index (χ1n) is 6.92. The average Bonchev–Trinajstić information content (AvgIpc) is 2.82. The minimum Gasteiger partial charge on any atom is -0.316 e. The van der Waals surface area contributed by atoms with Crippen LogP contribution in [0.2, 0.25) is 0 Å². The van der Waals surface area contributed by atoms with Gasteiger partial charge in [0.1, 0.15) is 0 Å². The highest BCUT2D eigenvalue weighted by Crippen LogP contribution is 2.23. The normalized spacial score (nSPS) is 20.4. The lowest BCUT2D eigenvalue weighted by Gasteiger charge is -2.23. The fourth-order valence-electron chi connectivity index (χ4n) is 2.75. The summed E-state index contributed by atoms with van der Waals surface area (Å²) in [6, 6.07) is 4.23. The zero-order valence-electron chi connectivity index (χ0n) is 10.9.